The van der Waals surface area contributed by atoms with Gasteiger partial charge in [0.15, 0.2) is 17.3 Å². The number of Topliss-reactive ketones (excluding diaryl/α,β-unsaturated/α-hetero) is 1. The van der Waals surface area contributed by atoms with Crippen molar-refractivity contribution >= 4 is 28.5 Å². The van der Waals surface area contributed by atoms with Gasteiger partial charge in [0.05, 0.1) is 31.6 Å². The minimum atomic E-state index is -0.340. The van der Waals surface area contributed by atoms with Gasteiger partial charge in [0, 0.05) is 34.0 Å². The van der Waals surface area contributed by atoms with E-state index in [0.717, 1.165) is 34.6 Å². The molecule has 0 amide bonds. The Hall–Kier alpha value is -3.25. The first-order chi connectivity index (χ1) is 15.2. The number of nitrogens with one attached hydrogen (secondary N) is 2. The minimum Gasteiger partial charge on any atom is -0.493 e. The second kappa shape index (κ2) is 8.12. The number of thiophene rings is 1. The molecule has 2 heterocycles. The Labute approximate surface area is 185 Å². The van der Waals surface area contributed by atoms with E-state index in [9.17, 15) is 4.79 Å². The maximum absolute atomic E-state index is 13.6. The molecule has 0 bridgehead atoms. The zero-order valence-electron chi connectivity index (χ0n) is 17.5. The maximum Gasteiger partial charge on any atom is 0.166 e. The summed E-state index contributed by atoms with van der Waals surface area (Å²) in [5.74, 6) is 1.63. The maximum atomic E-state index is 13.6. The minimum absolute atomic E-state index is 0.155. The number of benzene rings is 2. The summed E-state index contributed by atoms with van der Waals surface area (Å²) in [5.41, 5.74) is 4.56. The molecule has 1 aromatic heterocycles. The molecule has 0 unspecified atom stereocenters. The topological polar surface area (TPSA) is 59.6 Å². The second-order valence-electron chi connectivity index (χ2n) is 7.77. The third kappa shape index (κ3) is 3.47. The number of ketones is 1. The fraction of sp³-hybridized carbons (Fsp3) is 0.240. The van der Waals surface area contributed by atoms with Crippen molar-refractivity contribution in [1.29, 1.82) is 0 Å². The summed E-state index contributed by atoms with van der Waals surface area (Å²) in [4.78, 5) is 14.8. The number of fused-ring (bicyclic) bond motifs is 1. The molecule has 6 heteroatoms. The number of para-hydroxylation sites is 3. The first kappa shape index (κ1) is 19.7. The average molecular weight is 433 g/mol. The molecule has 158 valence electrons. The van der Waals surface area contributed by atoms with E-state index in [2.05, 4.69) is 28.1 Å². The Bertz CT molecular complexity index is 1150. The van der Waals surface area contributed by atoms with E-state index in [0.29, 0.717) is 17.9 Å². The quantitative estimate of drug-likeness (QED) is 0.550. The molecule has 31 heavy (non-hydrogen) atoms. The molecule has 0 spiro atoms. The zero-order chi connectivity index (χ0) is 21.4. The Morgan fingerprint density at radius 3 is 2.52 bits per heavy atom. The molecule has 2 N–H and O–H groups in total. The molecule has 5 nitrogen and oxygen atoms in total. The second-order valence-corrected chi connectivity index (χ2v) is 8.75. The van der Waals surface area contributed by atoms with Gasteiger partial charge >= 0.3 is 0 Å². The van der Waals surface area contributed by atoms with Gasteiger partial charge in [-0.1, -0.05) is 30.3 Å². The standard InChI is InChI=1S/C25H24N2O3S/c1-29-21-10-5-7-16(25(21)30-2)24-23-19(26-17-8-3-4-9-18(17)27-24)13-15(14-20(23)28)22-11-6-12-31-22/h3-12,15,24,26-27H,13-14H2,1-2H3/t15-,24-/m0/s1. The molecule has 1 aliphatic carbocycles. The number of methoxy groups -OCH3 is 2. The molecule has 0 saturated heterocycles. The summed E-state index contributed by atoms with van der Waals surface area (Å²) in [6, 6.07) is 17.7. The van der Waals surface area contributed by atoms with Crippen LogP contribution in [0.2, 0.25) is 0 Å². The summed E-state index contributed by atoms with van der Waals surface area (Å²) in [7, 11) is 3.26. The van der Waals surface area contributed by atoms with Crippen molar-refractivity contribution < 1.29 is 14.3 Å². The van der Waals surface area contributed by atoms with Crippen LogP contribution in [-0.2, 0) is 4.79 Å². The molecule has 2 aromatic carbocycles. The van der Waals surface area contributed by atoms with Crippen molar-refractivity contribution in [3.05, 3.63) is 81.7 Å². The zero-order valence-corrected chi connectivity index (χ0v) is 18.3. The summed E-state index contributed by atoms with van der Waals surface area (Å²) < 4.78 is 11.3. The van der Waals surface area contributed by atoms with Crippen molar-refractivity contribution in [2.75, 3.05) is 24.9 Å². The number of hydrogen-bond acceptors (Lipinski definition) is 6. The predicted octanol–water partition coefficient (Wildman–Crippen LogP) is 5.74. The molecule has 3 aromatic rings. The predicted molar refractivity (Wildman–Crippen MR) is 124 cm³/mol. The summed E-state index contributed by atoms with van der Waals surface area (Å²) >= 11 is 1.72. The van der Waals surface area contributed by atoms with Crippen LogP contribution in [0.5, 0.6) is 11.5 Å². The van der Waals surface area contributed by atoms with E-state index in [1.165, 1.54) is 4.88 Å². The van der Waals surface area contributed by atoms with Crippen molar-refractivity contribution in [3.8, 4) is 11.5 Å². The molecular weight excluding hydrogens is 408 g/mol. The first-order valence-electron chi connectivity index (χ1n) is 10.3. The van der Waals surface area contributed by atoms with Crippen LogP contribution < -0.4 is 20.1 Å². The van der Waals surface area contributed by atoms with Crippen molar-refractivity contribution in [1.82, 2.24) is 0 Å². The Balaban J connectivity index is 1.67. The van der Waals surface area contributed by atoms with Gasteiger partial charge in [0.2, 0.25) is 0 Å². The lowest BCUT2D eigenvalue weighted by Gasteiger charge is -2.30. The van der Waals surface area contributed by atoms with Crippen LogP contribution >= 0.6 is 11.3 Å². The summed E-state index contributed by atoms with van der Waals surface area (Å²) in [5, 5.41) is 9.26. The number of carbonyl (C=O) groups excluding carboxylic acids is 1. The number of hydrogen-bond donors (Lipinski definition) is 2. The van der Waals surface area contributed by atoms with Crippen LogP contribution in [0.25, 0.3) is 0 Å². The van der Waals surface area contributed by atoms with Crippen LogP contribution in [0.1, 0.15) is 35.2 Å². The number of rotatable bonds is 4. The lowest BCUT2D eigenvalue weighted by Crippen LogP contribution is -2.27. The van der Waals surface area contributed by atoms with Gasteiger partial charge in [-0.2, -0.15) is 0 Å². The molecule has 1 aliphatic heterocycles. The third-order valence-electron chi connectivity index (χ3n) is 6.00. The Morgan fingerprint density at radius 1 is 0.935 bits per heavy atom. The fourth-order valence-electron chi connectivity index (χ4n) is 4.59. The molecule has 2 atom stereocenters. The monoisotopic (exact) mass is 432 g/mol. The summed E-state index contributed by atoms with van der Waals surface area (Å²) in [6.07, 6.45) is 1.29. The van der Waals surface area contributed by atoms with Crippen molar-refractivity contribution in [3.63, 3.8) is 0 Å². The lowest BCUT2D eigenvalue weighted by molar-refractivity contribution is -0.116. The molecule has 0 radical (unpaired) electrons. The van der Waals surface area contributed by atoms with Crippen LogP contribution in [0.15, 0.2) is 71.2 Å². The average Bonchev–Trinajstić information content (AvgIpc) is 3.27. The number of carbonyl (C=O) groups is 1. The van der Waals surface area contributed by atoms with Gasteiger partial charge in [-0.25, -0.2) is 0 Å². The Kier molecular flexibility index (Phi) is 5.16. The normalized spacial score (nSPS) is 20.1. The molecule has 0 fully saturated rings. The highest BCUT2D eigenvalue weighted by atomic mass is 32.1. The van der Waals surface area contributed by atoms with Crippen LogP contribution in [-0.4, -0.2) is 20.0 Å². The third-order valence-corrected chi connectivity index (χ3v) is 7.03. The van der Waals surface area contributed by atoms with E-state index in [1.807, 2.05) is 42.5 Å². The van der Waals surface area contributed by atoms with E-state index in [4.69, 9.17) is 9.47 Å². The molecule has 2 aliphatic rings. The lowest BCUT2D eigenvalue weighted by atomic mass is 9.80. The SMILES string of the molecule is COc1cccc([C@@H]2Nc3ccccc3NC3=C2C(=O)C[C@@H](c2cccs2)C3)c1OC. The first-order valence-corrected chi connectivity index (χ1v) is 11.2. The smallest absolute Gasteiger partial charge is 0.166 e. The van der Waals surface area contributed by atoms with E-state index in [-0.39, 0.29) is 17.7 Å². The van der Waals surface area contributed by atoms with Gasteiger partial charge in [0.1, 0.15) is 0 Å². The Morgan fingerprint density at radius 2 is 1.77 bits per heavy atom. The van der Waals surface area contributed by atoms with E-state index >= 15 is 0 Å². The van der Waals surface area contributed by atoms with Crippen molar-refractivity contribution in [2.45, 2.75) is 24.8 Å². The molecule has 0 saturated carbocycles. The molecule has 5 rings (SSSR count). The fourth-order valence-corrected chi connectivity index (χ4v) is 5.42. The number of allylic oxidation sites excluding steroid dienone is 1. The molecular formula is C25H24N2O3S. The van der Waals surface area contributed by atoms with Gasteiger partial charge < -0.3 is 20.1 Å². The van der Waals surface area contributed by atoms with Gasteiger partial charge in [-0.3, -0.25) is 4.79 Å². The van der Waals surface area contributed by atoms with Gasteiger partial charge in [0.25, 0.3) is 0 Å². The highest BCUT2D eigenvalue weighted by Gasteiger charge is 2.37. The van der Waals surface area contributed by atoms with Crippen LogP contribution in [0.4, 0.5) is 11.4 Å². The largest absolute Gasteiger partial charge is 0.493 e. The van der Waals surface area contributed by atoms with Gasteiger partial charge in [-0.05, 0) is 36.1 Å². The number of ether oxygens (including phenoxy) is 2. The highest BCUT2D eigenvalue weighted by molar-refractivity contribution is 7.10. The van der Waals surface area contributed by atoms with Gasteiger partial charge in [-0.15, -0.1) is 11.3 Å². The number of anilines is 2. The van der Waals surface area contributed by atoms with Crippen molar-refractivity contribution in [2.24, 2.45) is 0 Å². The van der Waals surface area contributed by atoms with E-state index in [1.54, 1.807) is 25.6 Å². The summed E-state index contributed by atoms with van der Waals surface area (Å²) in [6.45, 7) is 0. The van der Waals surface area contributed by atoms with E-state index < -0.39 is 0 Å². The highest BCUT2D eigenvalue weighted by Crippen LogP contribution is 2.47. The van der Waals surface area contributed by atoms with Crippen LogP contribution in [0.3, 0.4) is 0 Å². The van der Waals surface area contributed by atoms with Crippen LogP contribution in [0, 0.1) is 0 Å².